The van der Waals surface area contributed by atoms with Gasteiger partial charge in [0.05, 0.1) is 95.7 Å². The number of aliphatic carboxylic acids is 1. The summed E-state index contributed by atoms with van der Waals surface area (Å²) in [5, 5.41) is 18.2. The molecule has 148 heavy (non-hydrogen) atoms. The van der Waals surface area contributed by atoms with Crippen LogP contribution >= 0.6 is 7.60 Å². The van der Waals surface area contributed by atoms with Gasteiger partial charge in [-0.1, -0.05) is 245 Å². The van der Waals surface area contributed by atoms with Crippen molar-refractivity contribution in [1.29, 1.82) is 0 Å². The fraction of sp³-hybridized carbons (Fsp3) is 0.370. The first-order valence-electron chi connectivity index (χ1n) is 50.0. The predicted octanol–water partition coefficient (Wildman–Crippen LogP) is 23.3. The van der Waals surface area contributed by atoms with Gasteiger partial charge < -0.3 is 39.0 Å². The third-order valence-corrected chi connectivity index (χ3v) is 31.7. The molecule has 2 N–H and O–H groups in total. The van der Waals surface area contributed by atoms with E-state index in [1.54, 1.807) is 61.7 Å². The maximum Gasteiger partial charge on any atom is 1.00 e. The van der Waals surface area contributed by atoms with Crippen LogP contribution in [0.2, 0.25) is 0 Å². The van der Waals surface area contributed by atoms with Gasteiger partial charge in [-0.15, -0.1) is 0 Å². The first-order chi connectivity index (χ1) is 69.5. The molecule has 4 fully saturated rings. The summed E-state index contributed by atoms with van der Waals surface area (Å²) in [4.78, 5) is 92.4. The molecule has 0 spiro atoms. The number of allylic oxidation sites excluding steroid dienone is 1. The Labute approximate surface area is 891 Å². The Morgan fingerprint density at radius 1 is 0.453 bits per heavy atom. The van der Waals surface area contributed by atoms with E-state index in [0.29, 0.717) is 75.2 Å². The van der Waals surface area contributed by atoms with Gasteiger partial charge in [-0.05, 0) is 224 Å². The Kier molecular flexibility index (Phi) is 38.8. The molecular formula is C119H134BF4N12NaO10P. The van der Waals surface area contributed by atoms with E-state index in [1.807, 2.05) is 142 Å². The number of aliphatic hydroxyl groups excluding tert-OH is 1. The van der Waals surface area contributed by atoms with E-state index < -0.39 is 54.5 Å². The molecule has 4 aliphatic carbocycles. The summed E-state index contributed by atoms with van der Waals surface area (Å²) in [6.45, 7) is 19.2. The zero-order valence-electron chi connectivity index (χ0n) is 86.8. The number of fused-ring (bicyclic) bond motifs is 6. The van der Waals surface area contributed by atoms with Crippen LogP contribution in [0.25, 0.3) is 51.1 Å². The number of carboxylic acid groups (broad SMARTS) is 1. The first kappa shape index (κ1) is 114. The Morgan fingerprint density at radius 2 is 0.764 bits per heavy atom. The van der Waals surface area contributed by atoms with Gasteiger partial charge in [0, 0.05) is 94.8 Å². The topological polar surface area (TPSA) is 284 Å². The molecule has 22 nitrogen and oxygen atoms in total. The van der Waals surface area contributed by atoms with E-state index in [0.717, 1.165) is 171 Å². The number of ketones is 3. The third-order valence-electron chi connectivity index (χ3n) is 29.9. The van der Waals surface area contributed by atoms with E-state index in [1.165, 1.54) is 44.6 Å². The molecule has 6 aliphatic rings. The van der Waals surface area contributed by atoms with E-state index >= 15 is 0 Å². The molecule has 4 saturated carbocycles. The van der Waals surface area contributed by atoms with Gasteiger partial charge in [0.1, 0.15) is 34.5 Å². The molecule has 3 radical (unpaired) electrons. The summed E-state index contributed by atoms with van der Waals surface area (Å²) in [6.07, 6.45) is 34.9. The molecule has 0 saturated heterocycles. The molecule has 29 heteroatoms. The summed E-state index contributed by atoms with van der Waals surface area (Å²) in [7, 11) is -0.544. The van der Waals surface area contributed by atoms with Crippen molar-refractivity contribution in [3.05, 3.63) is 367 Å². The Bertz CT molecular complexity index is 6660. The van der Waals surface area contributed by atoms with Crippen LogP contribution in [0.3, 0.4) is 0 Å². The van der Waals surface area contributed by atoms with Crippen molar-refractivity contribution in [3.8, 4) is 45.0 Å². The number of aliphatic hydroxyl groups is 1. The van der Waals surface area contributed by atoms with Crippen LogP contribution in [-0.4, -0.2) is 133 Å². The number of hydrogen-bond acceptors (Lipinski definition) is 17. The molecule has 8 aromatic heterocycles. The van der Waals surface area contributed by atoms with Gasteiger partial charge in [-0.25, -0.2) is 39.9 Å². The molecular weight excluding hydrogens is 1900 g/mol. The standard InChI is InChI=1S/C38H36FN3O.C28H20FN3O.C19H24FN3O.C19H22FN3O.C12H23O4P.C2H4O2.CH4.B.Na.H/c1-37(2)24-22-28(23-25-37)35(43)20-19-33-32(18-21-36(39)41-33)34-26-42(27-40-34)38(29-12-6-3-7-13-29,30-14-8-4-9-15-30)31-16-10-5-11-17-31;29-27-17-16-24(26(19-33)31-27)25-18-32(20-30-25)28(21-10-4-1-5-11-21,22-12-6-2-7-13-22)23-14-8-3-9-15-23;2*1-19(2)7-5-12(6-8-19)16(24)9-14-18-13(3-4-17(20)22-18)15-10-21-11-23(14)15;1-12(2)7-5-10(6-8-12)11(13)9-17(14,15-3)16-4;1-2(3)4;;;;/h3-21,26-28H,22-25H2,1-2H3;1-20H;3-4,10-12,14,16,24H,5-9H2,1-2H3;3-4,10-12,14H,5-9H2,1-2H3;10H,5-9H2,1-4H3;1H3,(H,3,4);1H4;;;/q;;;;;;;;+1;-1/b20-19+;;;;;;;;;. The van der Waals surface area contributed by atoms with Crippen LogP contribution in [0.5, 0.6) is 0 Å². The van der Waals surface area contributed by atoms with Crippen molar-refractivity contribution in [2.24, 2.45) is 45.3 Å². The summed E-state index contributed by atoms with van der Waals surface area (Å²) >= 11 is 0. The van der Waals surface area contributed by atoms with Crippen molar-refractivity contribution in [2.45, 2.75) is 215 Å². The second-order valence-corrected chi connectivity index (χ2v) is 44.2. The van der Waals surface area contributed by atoms with Crippen molar-refractivity contribution in [1.82, 2.24) is 58.1 Å². The van der Waals surface area contributed by atoms with E-state index in [9.17, 15) is 46.4 Å². The Hall–Kier alpha value is -12.5. The normalized spacial score (nSPS) is 17.1. The minimum absolute atomic E-state index is 0. The second-order valence-electron chi connectivity index (χ2n) is 41.9. The minimum Gasteiger partial charge on any atom is -1.00 e. The summed E-state index contributed by atoms with van der Waals surface area (Å²) in [6, 6.07) is 73.4. The van der Waals surface area contributed by atoms with E-state index in [-0.39, 0.29) is 111 Å². The number of carboxylic acids is 1. The van der Waals surface area contributed by atoms with E-state index in [2.05, 4.69) is 168 Å². The largest absolute Gasteiger partial charge is 1.00 e. The molecule has 20 rings (SSSR count). The van der Waals surface area contributed by atoms with Gasteiger partial charge >= 0.3 is 37.2 Å². The molecule has 3 atom stereocenters. The van der Waals surface area contributed by atoms with Gasteiger partial charge in [-0.2, -0.15) is 17.6 Å². The van der Waals surface area contributed by atoms with E-state index in [4.69, 9.17) is 23.9 Å². The van der Waals surface area contributed by atoms with Gasteiger partial charge in [0.25, 0.3) is 5.97 Å². The maximum absolute atomic E-state index is 14.4. The van der Waals surface area contributed by atoms with Gasteiger partial charge in [-0.3, -0.25) is 28.5 Å². The number of imidazole rings is 4. The van der Waals surface area contributed by atoms with Gasteiger partial charge in [0.2, 0.25) is 23.8 Å². The summed E-state index contributed by atoms with van der Waals surface area (Å²) < 4.78 is 84.9. The maximum atomic E-state index is 14.4. The number of rotatable bonds is 25. The number of aldehydes is 1. The number of carbonyl (C=O) groups excluding carboxylic acids is 4. The van der Waals surface area contributed by atoms with Crippen molar-refractivity contribution in [2.75, 3.05) is 20.4 Å². The van der Waals surface area contributed by atoms with Crippen molar-refractivity contribution < 1.29 is 96.3 Å². The van der Waals surface area contributed by atoms with Crippen molar-refractivity contribution in [3.63, 3.8) is 0 Å². The zero-order valence-corrected chi connectivity index (χ0v) is 88.7. The molecule has 3 unspecified atom stereocenters. The van der Waals surface area contributed by atoms with Crippen LogP contribution in [0.15, 0.2) is 287 Å². The van der Waals surface area contributed by atoms with Crippen LogP contribution < -0.4 is 29.6 Å². The average molecular weight is 2030 g/mol. The van der Waals surface area contributed by atoms with Crippen LogP contribution in [-0.2, 0) is 43.9 Å². The molecule has 6 aromatic carbocycles. The van der Waals surface area contributed by atoms with Crippen molar-refractivity contribution >= 4 is 51.7 Å². The monoisotopic (exact) mass is 2030 g/mol. The summed E-state index contributed by atoms with van der Waals surface area (Å²) in [5.41, 5.74) is 14.1. The summed E-state index contributed by atoms with van der Waals surface area (Å²) in [5.74, 6) is -2.24. The Balaban J connectivity index is 0.000000179. The molecule has 14 aromatic rings. The Morgan fingerprint density at radius 3 is 1.12 bits per heavy atom. The van der Waals surface area contributed by atoms with Gasteiger partial charge in [0.15, 0.2) is 12.1 Å². The first-order valence-corrected chi connectivity index (χ1v) is 51.7. The van der Waals surface area contributed by atoms with Crippen LogP contribution in [0.1, 0.15) is 260 Å². The number of nitrogens with zero attached hydrogens (tertiary/aromatic N) is 12. The number of Topliss-reactive ketones (excluding diaryl/α,β-unsaturated/α-hetero) is 2. The fourth-order valence-electron chi connectivity index (χ4n) is 21.4. The number of carbonyl (C=O) groups is 5. The molecule has 2 aliphatic heterocycles. The third kappa shape index (κ3) is 26.9. The molecule has 10 heterocycles. The number of hydrogen-bond donors (Lipinski definition) is 2. The number of halogens is 4. The number of benzene rings is 6. The molecule has 0 bridgehead atoms. The quantitative estimate of drug-likeness (QED) is 0.0102. The number of pyridine rings is 4. The molecule has 0 amide bonds. The van der Waals surface area contributed by atoms with Crippen LogP contribution in [0, 0.1) is 69.1 Å². The van der Waals surface area contributed by atoms with Crippen LogP contribution in [0.4, 0.5) is 17.6 Å². The SMILES string of the molecule is C.CC(=O)O.CC1(C)CCC(C(=O)/C=C/c2nc(F)ccc2-c2cn(C(c3ccccc3)(c3ccccc3)c3ccccc3)cn2)CC1.CC1(C)CCC(C(=O)CC2c3nc(F)ccc3-c3cncn32)CC1.CC1(C)CCC(C(O)CC2c3nc(F)ccc3-c3cncn32)CC1.COP(=O)(CC(=O)C1CCC(C)(C)CC1)OC.O=Cc1nc(F)ccc1-c1cn(C(c2ccccc2)(c2ccccc2)c2ccccc2)cn1.[B].[H-].[Na+]. The fourth-order valence-corrected chi connectivity index (χ4v) is 22.4. The smallest absolute Gasteiger partial charge is 1.00 e. The average Bonchev–Trinajstić information content (AvgIpc) is 1.66. The predicted molar refractivity (Wildman–Crippen MR) is 568 cm³/mol. The zero-order chi connectivity index (χ0) is 103. The number of aromatic nitrogens is 12. The second kappa shape index (κ2) is 50.2. The molecule has 767 valence electrons. The minimum atomic E-state index is -3.19.